The molecular weight excluding hydrogens is 358 g/mol. The molecule has 1 fully saturated rings. The predicted octanol–water partition coefficient (Wildman–Crippen LogP) is 0.721. The largest absolute Gasteiger partial charge is 0.496 e. The van der Waals surface area contributed by atoms with Gasteiger partial charge in [0.05, 0.1) is 17.6 Å². The third kappa shape index (κ3) is 5.18. The van der Waals surface area contributed by atoms with Crippen LogP contribution >= 0.6 is 0 Å². The number of sulfonamides is 1. The average molecular weight is 383 g/mol. The third-order valence-electron chi connectivity index (χ3n) is 4.38. The number of ether oxygens (including phenoxy) is 1. The smallest absolute Gasteiger partial charge is 0.255 e. The summed E-state index contributed by atoms with van der Waals surface area (Å²) in [5.74, 6) is 0.202. The molecule has 0 aromatic heterocycles. The number of methoxy groups -OCH3 is 1. The number of carbonyl (C=O) groups is 2. The maximum absolute atomic E-state index is 12.4. The van der Waals surface area contributed by atoms with Crippen molar-refractivity contribution in [2.45, 2.75) is 31.1 Å². The minimum Gasteiger partial charge on any atom is -0.496 e. The first-order valence-electron chi connectivity index (χ1n) is 8.49. The average Bonchev–Trinajstić information content (AvgIpc) is 2.60. The normalized spacial score (nSPS) is 17.7. The van der Waals surface area contributed by atoms with Crippen molar-refractivity contribution in [2.75, 3.05) is 26.7 Å². The lowest BCUT2D eigenvalue weighted by molar-refractivity contribution is -0.132. The molecule has 2 amide bonds. The van der Waals surface area contributed by atoms with Gasteiger partial charge in [-0.05, 0) is 37.0 Å². The van der Waals surface area contributed by atoms with Gasteiger partial charge < -0.3 is 15.0 Å². The van der Waals surface area contributed by atoms with Crippen LogP contribution in [0.4, 0.5) is 0 Å². The fraction of sp³-hybridized carbons (Fsp3) is 0.529. The fourth-order valence-corrected chi connectivity index (χ4v) is 3.53. The Kier molecular flexibility index (Phi) is 6.60. The topological polar surface area (TPSA) is 119 Å². The van der Waals surface area contributed by atoms with Gasteiger partial charge in [-0.2, -0.15) is 0 Å². The summed E-state index contributed by atoms with van der Waals surface area (Å²) in [5.41, 5.74) is 0.0538. The first-order valence-corrected chi connectivity index (χ1v) is 10.0. The van der Waals surface area contributed by atoms with Crippen molar-refractivity contribution in [1.82, 2.24) is 10.2 Å². The molecular formula is C17H25N3O5S. The number of nitrogens with one attached hydrogen (secondary N) is 1. The van der Waals surface area contributed by atoms with E-state index in [1.54, 1.807) is 0 Å². The summed E-state index contributed by atoms with van der Waals surface area (Å²) in [6.07, 6.45) is 2.31. The lowest BCUT2D eigenvalue weighted by Gasteiger charge is -2.31. The highest BCUT2D eigenvalue weighted by Gasteiger charge is 2.21. The van der Waals surface area contributed by atoms with Crippen LogP contribution in [-0.4, -0.2) is 51.9 Å². The monoisotopic (exact) mass is 383 g/mol. The zero-order valence-electron chi connectivity index (χ0n) is 15.0. The molecule has 0 saturated carbocycles. The number of nitrogens with zero attached hydrogens (tertiary/aromatic N) is 1. The summed E-state index contributed by atoms with van der Waals surface area (Å²) in [5, 5.41) is 7.73. The number of rotatable bonds is 6. The van der Waals surface area contributed by atoms with Crippen LogP contribution in [-0.2, 0) is 14.8 Å². The van der Waals surface area contributed by atoms with Crippen molar-refractivity contribution in [3.05, 3.63) is 23.8 Å². The van der Waals surface area contributed by atoms with Crippen molar-refractivity contribution in [2.24, 2.45) is 11.1 Å². The van der Waals surface area contributed by atoms with E-state index in [2.05, 4.69) is 12.2 Å². The summed E-state index contributed by atoms with van der Waals surface area (Å²) in [6.45, 7) is 3.77. The second kappa shape index (κ2) is 8.50. The number of amides is 2. The molecule has 1 aliphatic heterocycles. The van der Waals surface area contributed by atoms with Gasteiger partial charge in [-0.3, -0.25) is 9.59 Å². The molecule has 2 rings (SSSR count). The van der Waals surface area contributed by atoms with Crippen molar-refractivity contribution in [1.29, 1.82) is 0 Å². The van der Waals surface area contributed by atoms with Crippen LogP contribution in [0.15, 0.2) is 23.1 Å². The quantitative estimate of drug-likeness (QED) is 0.750. The minimum absolute atomic E-state index is 0.00195. The fourth-order valence-electron chi connectivity index (χ4n) is 2.99. The van der Waals surface area contributed by atoms with Gasteiger partial charge in [0.15, 0.2) is 0 Å². The first kappa shape index (κ1) is 20.2. The SMILES string of the molecule is COc1ccc(S(N)(=O)=O)cc1C(=O)NCCC(=O)N1CCCC(C)C1. The van der Waals surface area contributed by atoms with Gasteiger partial charge >= 0.3 is 0 Å². The van der Waals surface area contributed by atoms with Gasteiger partial charge in [0, 0.05) is 26.1 Å². The molecule has 1 heterocycles. The zero-order valence-corrected chi connectivity index (χ0v) is 15.8. The van der Waals surface area contributed by atoms with E-state index in [0.29, 0.717) is 5.92 Å². The maximum atomic E-state index is 12.4. The first-order chi connectivity index (χ1) is 12.2. The van der Waals surface area contributed by atoms with Gasteiger partial charge in [0.25, 0.3) is 5.91 Å². The van der Waals surface area contributed by atoms with E-state index in [4.69, 9.17) is 9.88 Å². The van der Waals surface area contributed by atoms with Crippen molar-refractivity contribution in [3.8, 4) is 5.75 Å². The molecule has 26 heavy (non-hydrogen) atoms. The molecule has 1 aliphatic rings. The van der Waals surface area contributed by atoms with E-state index in [1.165, 1.54) is 19.2 Å². The number of likely N-dealkylation sites (tertiary alicyclic amines) is 1. The number of carbonyl (C=O) groups excluding carboxylic acids is 2. The highest BCUT2D eigenvalue weighted by atomic mass is 32.2. The van der Waals surface area contributed by atoms with Gasteiger partial charge in [-0.15, -0.1) is 0 Å². The van der Waals surface area contributed by atoms with Gasteiger partial charge in [-0.25, -0.2) is 13.6 Å². The Bertz CT molecular complexity index is 779. The second-order valence-corrected chi connectivity index (χ2v) is 8.06. The van der Waals surface area contributed by atoms with Crippen LogP contribution < -0.4 is 15.2 Å². The Morgan fingerprint density at radius 2 is 2.12 bits per heavy atom. The molecule has 8 nitrogen and oxygen atoms in total. The van der Waals surface area contributed by atoms with Gasteiger partial charge in [0.1, 0.15) is 5.75 Å². The second-order valence-electron chi connectivity index (χ2n) is 6.50. The maximum Gasteiger partial charge on any atom is 0.255 e. The number of benzene rings is 1. The third-order valence-corrected chi connectivity index (χ3v) is 5.29. The number of hydrogen-bond donors (Lipinski definition) is 2. The highest BCUT2D eigenvalue weighted by Crippen LogP contribution is 2.22. The van der Waals surface area contributed by atoms with Gasteiger partial charge in [-0.1, -0.05) is 6.92 Å². The molecule has 0 aliphatic carbocycles. The molecule has 3 N–H and O–H groups in total. The van der Waals surface area contributed by atoms with Crippen LogP contribution in [0.5, 0.6) is 5.75 Å². The van der Waals surface area contributed by atoms with E-state index in [9.17, 15) is 18.0 Å². The molecule has 144 valence electrons. The lowest BCUT2D eigenvalue weighted by Crippen LogP contribution is -2.40. The van der Waals surface area contributed by atoms with Gasteiger partial charge in [0.2, 0.25) is 15.9 Å². The van der Waals surface area contributed by atoms with Crippen molar-refractivity contribution < 1.29 is 22.7 Å². The lowest BCUT2D eigenvalue weighted by atomic mass is 10.00. The summed E-state index contributed by atoms with van der Waals surface area (Å²) in [4.78, 5) is 26.2. The standard InChI is InChI=1S/C17H25N3O5S/c1-12-4-3-9-20(11-12)16(21)7-8-19-17(22)14-10-13(26(18,23)24)5-6-15(14)25-2/h5-6,10,12H,3-4,7-9,11H2,1-2H3,(H,19,22)(H2,18,23,24). The Hall–Kier alpha value is -2.13. The summed E-state index contributed by atoms with van der Waals surface area (Å²) in [7, 11) is -2.56. The Labute approximate surface area is 153 Å². The summed E-state index contributed by atoms with van der Waals surface area (Å²) in [6, 6.07) is 3.80. The van der Waals surface area contributed by atoms with E-state index in [0.717, 1.165) is 32.0 Å². The molecule has 1 saturated heterocycles. The number of piperidine rings is 1. The van der Waals surface area contributed by atoms with E-state index < -0.39 is 15.9 Å². The van der Waals surface area contributed by atoms with Crippen LogP contribution in [0.2, 0.25) is 0 Å². The summed E-state index contributed by atoms with van der Waals surface area (Å²) < 4.78 is 28.0. The summed E-state index contributed by atoms with van der Waals surface area (Å²) >= 11 is 0. The Balaban J connectivity index is 1.98. The van der Waals surface area contributed by atoms with Crippen LogP contribution in [0.25, 0.3) is 0 Å². The zero-order chi connectivity index (χ0) is 19.3. The Morgan fingerprint density at radius 1 is 1.38 bits per heavy atom. The number of nitrogens with two attached hydrogens (primary N) is 1. The molecule has 0 spiro atoms. The van der Waals surface area contributed by atoms with Crippen molar-refractivity contribution in [3.63, 3.8) is 0 Å². The van der Waals surface area contributed by atoms with Crippen LogP contribution in [0.3, 0.4) is 0 Å². The molecule has 1 aromatic carbocycles. The van der Waals surface area contributed by atoms with Crippen LogP contribution in [0, 0.1) is 5.92 Å². The van der Waals surface area contributed by atoms with E-state index in [-0.39, 0.29) is 35.1 Å². The molecule has 9 heteroatoms. The van der Waals surface area contributed by atoms with Crippen LogP contribution in [0.1, 0.15) is 36.5 Å². The van der Waals surface area contributed by atoms with E-state index in [1.807, 2.05) is 4.90 Å². The predicted molar refractivity (Wildman–Crippen MR) is 96.3 cm³/mol. The molecule has 1 aromatic rings. The molecule has 1 atom stereocenters. The highest BCUT2D eigenvalue weighted by molar-refractivity contribution is 7.89. The Morgan fingerprint density at radius 3 is 2.73 bits per heavy atom. The number of hydrogen-bond acceptors (Lipinski definition) is 5. The molecule has 1 unspecified atom stereocenters. The molecule has 0 bridgehead atoms. The number of primary sulfonamides is 1. The molecule has 0 radical (unpaired) electrons. The van der Waals surface area contributed by atoms with Crippen molar-refractivity contribution >= 4 is 21.8 Å². The minimum atomic E-state index is -3.93. The van der Waals surface area contributed by atoms with E-state index >= 15 is 0 Å².